The molecule has 6 heteroatoms. The fraction of sp³-hybridized carbons (Fsp3) is 0.444. The topological polar surface area (TPSA) is 77.8 Å². The molecule has 0 radical (unpaired) electrons. The van der Waals surface area contributed by atoms with Gasteiger partial charge in [0.15, 0.2) is 0 Å². The minimum absolute atomic E-state index is 0.339. The second-order valence-corrected chi connectivity index (χ2v) is 5.97. The van der Waals surface area contributed by atoms with Crippen LogP contribution in [0.25, 0.3) is 11.0 Å². The van der Waals surface area contributed by atoms with Crippen LogP contribution in [0.1, 0.15) is 35.7 Å². The Hall–Kier alpha value is -2.34. The van der Waals surface area contributed by atoms with Gasteiger partial charge < -0.3 is 19.2 Å². The number of fused-ring (bicyclic) bond motifs is 1. The fourth-order valence-corrected chi connectivity index (χ4v) is 3.05. The van der Waals surface area contributed by atoms with Crippen molar-refractivity contribution < 1.29 is 23.5 Å². The molecule has 1 aliphatic rings. The number of methoxy groups -OCH3 is 1. The van der Waals surface area contributed by atoms with E-state index in [1.807, 2.05) is 18.2 Å². The van der Waals surface area contributed by atoms with Gasteiger partial charge in [-0.15, -0.1) is 0 Å². The van der Waals surface area contributed by atoms with Crippen LogP contribution in [0.2, 0.25) is 0 Å². The number of furan rings is 1. The highest BCUT2D eigenvalue weighted by atomic mass is 16.5. The zero-order valence-corrected chi connectivity index (χ0v) is 13.9. The van der Waals surface area contributed by atoms with Crippen LogP contribution in [0.15, 0.2) is 28.9 Å². The van der Waals surface area contributed by atoms with E-state index >= 15 is 0 Å². The molecular formula is C18H21NO5. The Balaban J connectivity index is 1.92. The lowest BCUT2D eigenvalue weighted by Crippen LogP contribution is -2.58. The molecule has 0 bridgehead atoms. The van der Waals surface area contributed by atoms with Crippen LogP contribution in [0.4, 0.5) is 0 Å². The second kappa shape index (κ2) is 6.65. The fourth-order valence-electron chi connectivity index (χ4n) is 3.05. The van der Waals surface area contributed by atoms with E-state index < -0.39 is 11.5 Å². The first-order valence-electron chi connectivity index (χ1n) is 8.08. The molecule has 24 heavy (non-hydrogen) atoms. The lowest BCUT2D eigenvalue weighted by Gasteiger charge is -2.34. The lowest BCUT2D eigenvalue weighted by atomic mass is 9.89. The first-order chi connectivity index (χ1) is 11.6. The predicted molar refractivity (Wildman–Crippen MR) is 87.9 cm³/mol. The zero-order valence-electron chi connectivity index (χ0n) is 13.9. The molecular weight excluding hydrogens is 310 g/mol. The summed E-state index contributed by atoms with van der Waals surface area (Å²) >= 11 is 0. The summed E-state index contributed by atoms with van der Waals surface area (Å²) in [6, 6.07) is 5.78. The van der Waals surface area contributed by atoms with Crippen molar-refractivity contribution in [3.05, 3.63) is 35.6 Å². The van der Waals surface area contributed by atoms with Gasteiger partial charge in [-0.25, -0.2) is 4.79 Å². The molecule has 0 atom stereocenters. The van der Waals surface area contributed by atoms with Gasteiger partial charge in [-0.3, -0.25) is 4.79 Å². The third kappa shape index (κ3) is 2.89. The summed E-state index contributed by atoms with van der Waals surface area (Å²) in [4.78, 5) is 25.0. The van der Waals surface area contributed by atoms with Crippen LogP contribution in [0.3, 0.4) is 0 Å². The maximum absolute atomic E-state index is 12.8. The highest BCUT2D eigenvalue weighted by Crippen LogP contribution is 2.26. The molecule has 0 saturated carbocycles. The molecule has 2 heterocycles. The molecule has 1 aliphatic heterocycles. The SMILES string of the molecule is CCc1ccc2occ(C(=O)NC3(C(=O)OC)CCOCC3)c2c1. The van der Waals surface area contributed by atoms with Gasteiger partial charge in [0.25, 0.3) is 5.91 Å². The smallest absolute Gasteiger partial charge is 0.331 e. The molecule has 2 aromatic rings. The summed E-state index contributed by atoms with van der Waals surface area (Å²) in [5.74, 6) is -0.782. The standard InChI is InChI=1S/C18H21NO5/c1-3-12-4-5-15-13(10-12)14(11-24-15)16(20)19-18(17(21)22-2)6-8-23-9-7-18/h4-5,10-11H,3,6-9H2,1-2H3,(H,19,20). The Morgan fingerprint density at radius 2 is 2.04 bits per heavy atom. The highest BCUT2D eigenvalue weighted by molar-refractivity contribution is 6.07. The average molecular weight is 331 g/mol. The maximum atomic E-state index is 12.8. The first kappa shape index (κ1) is 16.5. The number of ether oxygens (including phenoxy) is 2. The van der Waals surface area contributed by atoms with Crippen molar-refractivity contribution in [2.75, 3.05) is 20.3 Å². The molecule has 1 aromatic carbocycles. The monoisotopic (exact) mass is 331 g/mol. The summed E-state index contributed by atoms with van der Waals surface area (Å²) in [6.07, 6.45) is 3.08. The van der Waals surface area contributed by atoms with Crippen molar-refractivity contribution in [1.29, 1.82) is 0 Å². The van der Waals surface area contributed by atoms with Crippen molar-refractivity contribution in [2.45, 2.75) is 31.7 Å². The first-order valence-corrected chi connectivity index (χ1v) is 8.08. The van der Waals surface area contributed by atoms with Crippen molar-refractivity contribution in [1.82, 2.24) is 5.32 Å². The van der Waals surface area contributed by atoms with Crippen LogP contribution < -0.4 is 5.32 Å². The quantitative estimate of drug-likeness (QED) is 0.871. The molecule has 0 unspecified atom stereocenters. The van der Waals surface area contributed by atoms with Crippen LogP contribution in [-0.4, -0.2) is 37.7 Å². The molecule has 1 aromatic heterocycles. The Morgan fingerprint density at radius 1 is 1.29 bits per heavy atom. The summed E-state index contributed by atoms with van der Waals surface area (Å²) < 4.78 is 15.7. The third-order valence-corrected chi connectivity index (χ3v) is 4.57. The molecule has 1 amide bonds. The Morgan fingerprint density at radius 3 is 2.71 bits per heavy atom. The minimum Gasteiger partial charge on any atom is -0.467 e. The summed E-state index contributed by atoms with van der Waals surface area (Å²) in [5, 5.41) is 3.61. The number of rotatable bonds is 4. The van der Waals surface area contributed by atoms with Gasteiger partial charge in [0.1, 0.15) is 17.4 Å². The van der Waals surface area contributed by atoms with E-state index in [0.29, 0.717) is 37.2 Å². The lowest BCUT2D eigenvalue weighted by molar-refractivity contribution is -0.152. The molecule has 128 valence electrons. The number of aryl methyl sites for hydroxylation is 1. The Kier molecular flexibility index (Phi) is 4.57. The molecule has 0 spiro atoms. The van der Waals surface area contributed by atoms with E-state index in [1.54, 1.807) is 0 Å². The normalized spacial score (nSPS) is 16.8. The second-order valence-electron chi connectivity index (χ2n) is 5.97. The van der Waals surface area contributed by atoms with E-state index in [-0.39, 0.29) is 5.91 Å². The third-order valence-electron chi connectivity index (χ3n) is 4.57. The number of carbonyl (C=O) groups is 2. The molecule has 0 aliphatic carbocycles. The van der Waals surface area contributed by atoms with Gasteiger partial charge in [0, 0.05) is 31.4 Å². The van der Waals surface area contributed by atoms with Gasteiger partial charge in [-0.05, 0) is 24.1 Å². The van der Waals surface area contributed by atoms with Crippen LogP contribution in [0.5, 0.6) is 0 Å². The summed E-state index contributed by atoms with van der Waals surface area (Å²) in [5.41, 5.74) is 1.15. The van der Waals surface area contributed by atoms with E-state index in [0.717, 1.165) is 17.4 Å². The van der Waals surface area contributed by atoms with E-state index in [1.165, 1.54) is 13.4 Å². The summed E-state index contributed by atoms with van der Waals surface area (Å²) in [6.45, 7) is 2.86. The van der Waals surface area contributed by atoms with Crippen LogP contribution in [0, 0.1) is 0 Å². The molecule has 6 nitrogen and oxygen atoms in total. The zero-order chi connectivity index (χ0) is 17.2. The number of nitrogens with one attached hydrogen (secondary N) is 1. The van der Waals surface area contributed by atoms with Gasteiger partial charge in [0.05, 0.1) is 12.7 Å². The number of hydrogen-bond acceptors (Lipinski definition) is 5. The Labute approximate surface area is 140 Å². The number of carbonyl (C=O) groups excluding carboxylic acids is 2. The van der Waals surface area contributed by atoms with Crippen molar-refractivity contribution in [3.63, 3.8) is 0 Å². The molecule has 3 rings (SSSR count). The van der Waals surface area contributed by atoms with Gasteiger partial charge in [0.2, 0.25) is 0 Å². The predicted octanol–water partition coefficient (Wildman–Crippen LogP) is 2.45. The number of amides is 1. The number of esters is 1. The van der Waals surface area contributed by atoms with E-state index in [9.17, 15) is 9.59 Å². The van der Waals surface area contributed by atoms with Gasteiger partial charge >= 0.3 is 5.97 Å². The van der Waals surface area contributed by atoms with Crippen molar-refractivity contribution >= 4 is 22.8 Å². The van der Waals surface area contributed by atoms with E-state index in [2.05, 4.69) is 12.2 Å². The van der Waals surface area contributed by atoms with Gasteiger partial charge in [-0.2, -0.15) is 0 Å². The van der Waals surface area contributed by atoms with Gasteiger partial charge in [-0.1, -0.05) is 13.0 Å². The number of hydrogen-bond donors (Lipinski definition) is 1. The largest absolute Gasteiger partial charge is 0.467 e. The Bertz CT molecular complexity index is 758. The molecule has 1 N–H and O–H groups in total. The summed E-state index contributed by atoms with van der Waals surface area (Å²) in [7, 11) is 1.33. The minimum atomic E-state index is -1.05. The van der Waals surface area contributed by atoms with Crippen LogP contribution >= 0.6 is 0 Å². The molecule has 1 fully saturated rings. The maximum Gasteiger partial charge on any atom is 0.331 e. The highest BCUT2D eigenvalue weighted by Gasteiger charge is 2.43. The van der Waals surface area contributed by atoms with Crippen molar-refractivity contribution in [3.8, 4) is 0 Å². The van der Waals surface area contributed by atoms with E-state index in [4.69, 9.17) is 13.9 Å². The molecule has 1 saturated heterocycles. The average Bonchev–Trinajstić information content (AvgIpc) is 3.04. The number of benzene rings is 1. The van der Waals surface area contributed by atoms with Crippen molar-refractivity contribution in [2.24, 2.45) is 0 Å². The van der Waals surface area contributed by atoms with Crippen LogP contribution in [-0.2, 0) is 20.7 Å².